The lowest BCUT2D eigenvalue weighted by Crippen LogP contribution is -2.07. The molecule has 0 spiro atoms. The van der Waals surface area contributed by atoms with Crippen LogP contribution in [0.2, 0.25) is 0 Å². The van der Waals surface area contributed by atoms with Gasteiger partial charge in [-0.15, -0.1) is 0 Å². The fourth-order valence-corrected chi connectivity index (χ4v) is 2.87. The summed E-state index contributed by atoms with van der Waals surface area (Å²) in [5.41, 5.74) is 3.89. The lowest BCUT2D eigenvalue weighted by atomic mass is 10.1. The minimum absolute atomic E-state index is 0.868. The summed E-state index contributed by atoms with van der Waals surface area (Å²) in [6.45, 7) is 4.99. The molecular formula is C17H22N4. The second kappa shape index (κ2) is 6.14. The molecule has 0 aliphatic heterocycles. The third-order valence-corrected chi connectivity index (χ3v) is 3.87. The number of fused-ring (bicyclic) bond motifs is 1. The topological polar surface area (TPSA) is 34.8 Å². The van der Waals surface area contributed by atoms with Crippen molar-refractivity contribution in [3.05, 3.63) is 54.2 Å². The van der Waals surface area contributed by atoms with Gasteiger partial charge in [0.15, 0.2) is 0 Å². The van der Waals surface area contributed by atoms with E-state index >= 15 is 0 Å². The SMILES string of the molecule is CCCn1cncc1Cn1ccc2c(CNC)cccc21. The molecule has 0 unspecified atom stereocenters. The van der Waals surface area contributed by atoms with Gasteiger partial charge >= 0.3 is 0 Å². The predicted octanol–water partition coefficient (Wildman–Crippen LogP) is 3.02. The minimum atomic E-state index is 0.868. The molecule has 3 aromatic rings. The molecule has 0 saturated heterocycles. The van der Waals surface area contributed by atoms with Crippen molar-refractivity contribution in [3.63, 3.8) is 0 Å². The van der Waals surface area contributed by atoms with Crippen LogP contribution < -0.4 is 5.32 Å². The molecule has 4 nitrogen and oxygen atoms in total. The average molecular weight is 282 g/mol. The molecule has 4 heteroatoms. The summed E-state index contributed by atoms with van der Waals surface area (Å²) in [5, 5.41) is 4.56. The Balaban J connectivity index is 1.94. The molecule has 0 bridgehead atoms. The van der Waals surface area contributed by atoms with Gasteiger partial charge in [0.2, 0.25) is 0 Å². The maximum absolute atomic E-state index is 4.29. The van der Waals surface area contributed by atoms with Gasteiger partial charge in [0.25, 0.3) is 0 Å². The number of imidazole rings is 1. The first-order chi connectivity index (χ1) is 10.3. The van der Waals surface area contributed by atoms with E-state index in [1.54, 1.807) is 0 Å². The van der Waals surface area contributed by atoms with Crippen molar-refractivity contribution < 1.29 is 0 Å². The first-order valence-electron chi connectivity index (χ1n) is 7.53. The Kier molecular flexibility index (Phi) is 4.06. The van der Waals surface area contributed by atoms with Gasteiger partial charge in [-0.1, -0.05) is 19.1 Å². The van der Waals surface area contributed by atoms with E-state index < -0.39 is 0 Å². The summed E-state index contributed by atoms with van der Waals surface area (Å²) in [5.74, 6) is 0. The number of aromatic nitrogens is 3. The van der Waals surface area contributed by atoms with E-state index in [2.05, 4.69) is 56.8 Å². The Morgan fingerprint density at radius 1 is 1.19 bits per heavy atom. The van der Waals surface area contributed by atoms with Gasteiger partial charge in [0, 0.05) is 36.4 Å². The molecule has 0 amide bonds. The van der Waals surface area contributed by atoms with Crippen LogP contribution in [0, 0.1) is 0 Å². The van der Waals surface area contributed by atoms with Gasteiger partial charge in [-0.05, 0) is 31.2 Å². The highest BCUT2D eigenvalue weighted by Gasteiger charge is 2.07. The van der Waals surface area contributed by atoms with Crippen molar-refractivity contribution in [2.45, 2.75) is 33.0 Å². The predicted molar refractivity (Wildman–Crippen MR) is 86.3 cm³/mol. The van der Waals surface area contributed by atoms with Crippen LogP contribution in [-0.4, -0.2) is 21.2 Å². The summed E-state index contributed by atoms with van der Waals surface area (Å²) in [6, 6.07) is 8.72. The summed E-state index contributed by atoms with van der Waals surface area (Å²) in [7, 11) is 1.99. The largest absolute Gasteiger partial charge is 0.341 e. The van der Waals surface area contributed by atoms with Crippen LogP contribution >= 0.6 is 0 Å². The van der Waals surface area contributed by atoms with Gasteiger partial charge in [-0.3, -0.25) is 0 Å². The van der Waals surface area contributed by atoms with Gasteiger partial charge < -0.3 is 14.5 Å². The van der Waals surface area contributed by atoms with Gasteiger partial charge in [0.1, 0.15) is 0 Å². The molecule has 21 heavy (non-hydrogen) atoms. The molecule has 0 saturated carbocycles. The molecule has 3 rings (SSSR count). The third kappa shape index (κ3) is 2.72. The second-order valence-corrected chi connectivity index (χ2v) is 5.40. The number of aryl methyl sites for hydroxylation is 1. The smallest absolute Gasteiger partial charge is 0.0948 e. The number of benzene rings is 1. The van der Waals surface area contributed by atoms with Gasteiger partial charge in [-0.25, -0.2) is 4.98 Å². The summed E-state index contributed by atoms with van der Waals surface area (Å²) in [6.07, 6.45) is 7.20. The van der Waals surface area contributed by atoms with Gasteiger partial charge in [0.05, 0.1) is 18.6 Å². The highest BCUT2D eigenvalue weighted by Crippen LogP contribution is 2.21. The molecule has 1 aromatic carbocycles. The van der Waals surface area contributed by atoms with Crippen molar-refractivity contribution in [1.82, 2.24) is 19.4 Å². The van der Waals surface area contributed by atoms with Crippen LogP contribution in [0.15, 0.2) is 43.0 Å². The zero-order valence-corrected chi connectivity index (χ0v) is 12.7. The van der Waals surface area contributed by atoms with Crippen molar-refractivity contribution in [2.24, 2.45) is 0 Å². The molecular weight excluding hydrogens is 260 g/mol. The summed E-state index contributed by atoms with van der Waals surface area (Å²) >= 11 is 0. The van der Waals surface area contributed by atoms with E-state index in [0.29, 0.717) is 0 Å². The Labute approximate surface area is 125 Å². The monoisotopic (exact) mass is 282 g/mol. The maximum Gasteiger partial charge on any atom is 0.0948 e. The van der Waals surface area contributed by atoms with E-state index in [4.69, 9.17) is 0 Å². The Morgan fingerprint density at radius 2 is 2.10 bits per heavy atom. The van der Waals surface area contributed by atoms with Crippen LogP contribution in [-0.2, 0) is 19.6 Å². The number of hydrogen-bond donors (Lipinski definition) is 1. The molecule has 0 aliphatic carbocycles. The zero-order chi connectivity index (χ0) is 14.7. The van der Waals surface area contributed by atoms with Crippen LogP contribution in [0.3, 0.4) is 0 Å². The molecule has 0 aliphatic rings. The van der Waals surface area contributed by atoms with Crippen molar-refractivity contribution in [2.75, 3.05) is 7.05 Å². The van der Waals surface area contributed by atoms with E-state index in [0.717, 1.165) is 26.1 Å². The fourth-order valence-electron chi connectivity index (χ4n) is 2.87. The molecule has 2 heterocycles. The second-order valence-electron chi connectivity index (χ2n) is 5.40. The van der Waals surface area contributed by atoms with Crippen LogP contribution in [0.5, 0.6) is 0 Å². The first kappa shape index (κ1) is 13.9. The van der Waals surface area contributed by atoms with E-state index in [9.17, 15) is 0 Å². The Bertz CT molecular complexity index is 723. The fraction of sp³-hybridized carbons (Fsp3) is 0.353. The van der Waals surface area contributed by atoms with Crippen LogP contribution in [0.4, 0.5) is 0 Å². The summed E-state index contributed by atoms with van der Waals surface area (Å²) in [4.78, 5) is 4.29. The number of rotatable bonds is 6. The first-order valence-corrected chi connectivity index (χ1v) is 7.53. The lowest BCUT2D eigenvalue weighted by molar-refractivity contribution is 0.629. The lowest BCUT2D eigenvalue weighted by Gasteiger charge is -2.10. The van der Waals surface area contributed by atoms with E-state index in [1.807, 2.05) is 19.6 Å². The molecule has 110 valence electrons. The Morgan fingerprint density at radius 3 is 2.90 bits per heavy atom. The molecule has 0 atom stereocenters. The van der Waals surface area contributed by atoms with Crippen molar-refractivity contribution >= 4 is 10.9 Å². The quantitative estimate of drug-likeness (QED) is 0.754. The number of nitrogens with one attached hydrogen (secondary N) is 1. The molecule has 0 radical (unpaired) electrons. The zero-order valence-electron chi connectivity index (χ0n) is 12.7. The minimum Gasteiger partial charge on any atom is -0.341 e. The highest BCUT2D eigenvalue weighted by molar-refractivity contribution is 5.83. The standard InChI is InChI=1S/C17H22N4/c1-3-8-21-13-19-11-15(21)12-20-9-7-16-14(10-18-2)5-4-6-17(16)20/h4-7,9,11,13,18H,3,8,10,12H2,1-2H3. The normalized spacial score (nSPS) is 11.3. The van der Waals surface area contributed by atoms with Crippen molar-refractivity contribution in [3.8, 4) is 0 Å². The van der Waals surface area contributed by atoms with Gasteiger partial charge in [-0.2, -0.15) is 0 Å². The Hall–Kier alpha value is -2.07. The average Bonchev–Trinajstić information content (AvgIpc) is 3.09. The van der Waals surface area contributed by atoms with Crippen LogP contribution in [0.1, 0.15) is 24.6 Å². The number of nitrogens with zero attached hydrogens (tertiary/aromatic N) is 3. The number of hydrogen-bond acceptors (Lipinski definition) is 2. The molecule has 2 aromatic heterocycles. The van der Waals surface area contributed by atoms with Crippen molar-refractivity contribution in [1.29, 1.82) is 0 Å². The third-order valence-electron chi connectivity index (χ3n) is 3.87. The van der Waals surface area contributed by atoms with E-state index in [1.165, 1.54) is 22.2 Å². The molecule has 1 N–H and O–H groups in total. The summed E-state index contributed by atoms with van der Waals surface area (Å²) < 4.78 is 4.54. The maximum atomic E-state index is 4.29. The van der Waals surface area contributed by atoms with Crippen LogP contribution in [0.25, 0.3) is 10.9 Å². The molecule has 0 fully saturated rings. The van der Waals surface area contributed by atoms with E-state index in [-0.39, 0.29) is 0 Å². The highest BCUT2D eigenvalue weighted by atomic mass is 15.1.